The van der Waals surface area contributed by atoms with E-state index in [0.29, 0.717) is 5.82 Å². The average molecular weight is 300 g/mol. The number of rotatable bonds is 4. The molecular weight excluding hydrogens is 284 g/mol. The Labute approximate surface area is 126 Å². The number of benzene rings is 1. The third-order valence-corrected chi connectivity index (χ3v) is 4.34. The van der Waals surface area contributed by atoms with Crippen molar-refractivity contribution in [3.8, 4) is 5.75 Å². The van der Waals surface area contributed by atoms with Crippen LogP contribution >= 0.6 is 11.3 Å². The van der Waals surface area contributed by atoms with Gasteiger partial charge in [-0.05, 0) is 24.6 Å². The molecule has 0 aliphatic rings. The highest BCUT2D eigenvalue weighted by molar-refractivity contribution is 7.18. The van der Waals surface area contributed by atoms with Crippen molar-refractivity contribution in [2.45, 2.75) is 13.3 Å². The second-order valence-corrected chi connectivity index (χ2v) is 5.66. The molecule has 108 valence electrons. The average Bonchev–Trinajstić information content (AvgIpc) is 2.91. The van der Waals surface area contributed by atoms with E-state index < -0.39 is 0 Å². The number of para-hydroxylation sites is 2. The lowest BCUT2D eigenvalue weighted by Gasteiger charge is -2.11. The Morgan fingerprint density at radius 1 is 1.29 bits per heavy atom. The number of anilines is 3. The SMILES string of the molecule is CCc1cc2c(Nc3ccccc3OC)nc(N)nc2s1. The highest BCUT2D eigenvalue weighted by Crippen LogP contribution is 2.33. The van der Waals surface area contributed by atoms with Crippen molar-refractivity contribution >= 4 is 39.0 Å². The summed E-state index contributed by atoms with van der Waals surface area (Å²) in [5.41, 5.74) is 6.66. The van der Waals surface area contributed by atoms with Crippen LogP contribution in [0.4, 0.5) is 17.5 Å². The molecule has 0 amide bonds. The topological polar surface area (TPSA) is 73.1 Å². The maximum atomic E-state index is 5.81. The van der Waals surface area contributed by atoms with Gasteiger partial charge in [0.2, 0.25) is 5.95 Å². The number of methoxy groups -OCH3 is 1. The molecule has 1 aromatic carbocycles. The Bertz CT molecular complexity index is 784. The summed E-state index contributed by atoms with van der Waals surface area (Å²) in [5.74, 6) is 1.73. The molecule has 3 N–H and O–H groups in total. The predicted octanol–water partition coefficient (Wildman–Crippen LogP) is 3.59. The second kappa shape index (κ2) is 5.57. The van der Waals surface area contributed by atoms with Crippen molar-refractivity contribution in [2.75, 3.05) is 18.2 Å². The van der Waals surface area contributed by atoms with Crippen LogP contribution in [0.25, 0.3) is 10.2 Å². The maximum absolute atomic E-state index is 5.81. The molecule has 6 heteroatoms. The molecule has 2 heterocycles. The van der Waals surface area contributed by atoms with Crippen LogP contribution in [0, 0.1) is 0 Å². The van der Waals surface area contributed by atoms with Gasteiger partial charge in [-0.3, -0.25) is 0 Å². The number of thiophene rings is 1. The lowest BCUT2D eigenvalue weighted by molar-refractivity contribution is 0.417. The molecule has 0 aliphatic heterocycles. The van der Waals surface area contributed by atoms with Gasteiger partial charge in [0, 0.05) is 4.88 Å². The van der Waals surface area contributed by atoms with Gasteiger partial charge >= 0.3 is 0 Å². The van der Waals surface area contributed by atoms with Crippen LogP contribution in [0.3, 0.4) is 0 Å². The van der Waals surface area contributed by atoms with E-state index in [-0.39, 0.29) is 5.95 Å². The van der Waals surface area contributed by atoms with Crippen molar-refractivity contribution in [1.82, 2.24) is 9.97 Å². The standard InChI is InChI=1S/C15H16N4OS/c1-3-9-8-10-13(18-15(16)19-14(10)21-9)17-11-6-4-5-7-12(11)20-2/h4-8H,3H2,1-2H3,(H3,16,17,18,19). The largest absolute Gasteiger partial charge is 0.495 e. The quantitative estimate of drug-likeness (QED) is 0.770. The van der Waals surface area contributed by atoms with E-state index in [4.69, 9.17) is 10.5 Å². The number of nitrogens with one attached hydrogen (secondary N) is 1. The summed E-state index contributed by atoms with van der Waals surface area (Å²) in [6.45, 7) is 2.12. The number of nitrogens with two attached hydrogens (primary N) is 1. The van der Waals surface area contributed by atoms with Gasteiger partial charge in [-0.25, -0.2) is 4.98 Å². The monoisotopic (exact) mass is 300 g/mol. The molecule has 0 aliphatic carbocycles. The molecule has 21 heavy (non-hydrogen) atoms. The zero-order chi connectivity index (χ0) is 14.8. The van der Waals surface area contributed by atoms with Gasteiger partial charge < -0.3 is 15.8 Å². The van der Waals surface area contributed by atoms with E-state index in [9.17, 15) is 0 Å². The first-order chi connectivity index (χ1) is 10.2. The molecule has 2 aromatic heterocycles. The van der Waals surface area contributed by atoms with Crippen LogP contribution < -0.4 is 15.8 Å². The Morgan fingerprint density at radius 2 is 2.10 bits per heavy atom. The minimum atomic E-state index is 0.268. The van der Waals surface area contributed by atoms with Crippen LogP contribution in [0.1, 0.15) is 11.8 Å². The number of hydrogen-bond donors (Lipinski definition) is 2. The van der Waals surface area contributed by atoms with Gasteiger partial charge in [0.1, 0.15) is 16.4 Å². The Kier molecular flexibility index (Phi) is 3.62. The van der Waals surface area contributed by atoms with Crippen LogP contribution in [0.2, 0.25) is 0 Å². The van der Waals surface area contributed by atoms with Gasteiger partial charge in [0.15, 0.2) is 0 Å². The lowest BCUT2D eigenvalue weighted by Crippen LogP contribution is -2.01. The molecule has 0 spiro atoms. The van der Waals surface area contributed by atoms with Gasteiger partial charge in [-0.15, -0.1) is 11.3 Å². The first-order valence-electron chi connectivity index (χ1n) is 6.67. The summed E-state index contributed by atoms with van der Waals surface area (Å²) in [6.07, 6.45) is 0.967. The fraction of sp³-hybridized carbons (Fsp3) is 0.200. The Balaban J connectivity index is 2.09. The molecule has 3 aromatic rings. The van der Waals surface area contributed by atoms with Gasteiger partial charge in [-0.1, -0.05) is 19.1 Å². The van der Waals surface area contributed by atoms with E-state index in [1.807, 2.05) is 24.3 Å². The smallest absolute Gasteiger partial charge is 0.223 e. The van der Waals surface area contributed by atoms with Crippen LogP contribution in [0.15, 0.2) is 30.3 Å². The molecule has 0 saturated heterocycles. The molecule has 5 nitrogen and oxygen atoms in total. The molecule has 0 unspecified atom stereocenters. The molecule has 0 fully saturated rings. The molecular formula is C15H16N4OS. The van der Waals surface area contributed by atoms with E-state index in [2.05, 4.69) is 28.3 Å². The van der Waals surface area contributed by atoms with Crippen molar-refractivity contribution in [3.63, 3.8) is 0 Å². The molecule has 0 saturated carbocycles. The molecule has 0 bridgehead atoms. The van der Waals surface area contributed by atoms with Crippen molar-refractivity contribution in [2.24, 2.45) is 0 Å². The van der Waals surface area contributed by atoms with Crippen LogP contribution in [-0.2, 0) is 6.42 Å². The summed E-state index contributed by atoms with van der Waals surface area (Å²) >= 11 is 1.64. The first kappa shape index (κ1) is 13.6. The number of aryl methyl sites for hydroxylation is 1. The van der Waals surface area contributed by atoms with Crippen LogP contribution in [0.5, 0.6) is 5.75 Å². The van der Waals surface area contributed by atoms with Crippen LogP contribution in [-0.4, -0.2) is 17.1 Å². The summed E-state index contributed by atoms with van der Waals surface area (Å²) in [4.78, 5) is 10.8. The number of nitrogen functional groups attached to an aromatic ring is 1. The third-order valence-electron chi connectivity index (χ3n) is 3.17. The minimum Gasteiger partial charge on any atom is -0.495 e. The fourth-order valence-electron chi connectivity index (χ4n) is 2.13. The molecule has 3 rings (SSSR count). The highest BCUT2D eigenvalue weighted by atomic mass is 32.1. The second-order valence-electron chi connectivity index (χ2n) is 4.54. The van der Waals surface area contributed by atoms with E-state index in [1.54, 1.807) is 18.4 Å². The summed E-state index contributed by atoms with van der Waals surface area (Å²) < 4.78 is 5.35. The predicted molar refractivity (Wildman–Crippen MR) is 87.5 cm³/mol. The van der Waals surface area contributed by atoms with Gasteiger partial charge in [-0.2, -0.15) is 4.98 Å². The number of nitrogens with zero attached hydrogens (tertiary/aromatic N) is 2. The van der Waals surface area contributed by atoms with E-state index in [1.165, 1.54) is 4.88 Å². The number of ether oxygens (including phenoxy) is 1. The highest BCUT2D eigenvalue weighted by Gasteiger charge is 2.12. The zero-order valence-electron chi connectivity index (χ0n) is 11.9. The van der Waals surface area contributed by atoms with Crippen molar-refractivity contribution in [1.29, 1.82) is 0 Å². The van der Waals surface area contributed by atoms with E-state index in [0.717, 1.165) is 28.1 Å². The van der Waals surface area contributed by atoms with Gasteiger partial charge in [0.25, 0.3) is 0 Å². The van der Waals surface area contributed by atoms with Crippen molar-refractivity contribution < 1.29 is 4.74 Å². The van der Waals surface area contributed by atoms with Gasteiger partial charge in [0.05, 0.1) is 18.2 Å². The zero-order valence-corrected chi connectivity index (χ0v) is 12.7. The number of aromatic nitrogens is 2. The number of fused-ring (bicyclic) bond motifs is 1. The van der Waals surface area contributed by atoms with Crippen molar-refractivity contribution in [3.05, 3.63) is 35.2 Å². The third kappa shape index (κ3) is 2.62. The lowest BCUT2D eigenvalue weighted by atomic mass is 10.2. The summed E-state index contributed by atoms with van der Waals surface area (Å²) in [6, 6.07) is 9.81. The van der Waals surface area contributed by atoms with E-state index >= 15 is 0 Å². The Hall–Kier alpha value is -2.34. The maximum Gasteiger partial charge on any atom is 0.223 e. The summed E-state index contributed by atoms with van der Waals surface area (Å²) in [5, 5.41) is 4.28. The normalized spacial score (nSPS) is 10.8. The molecule has 0 atom stereocenters. The summed E-state index contributed by atoms with van der Waals surface area (Å²) in [7, 11) is 1.64. The molecule has 0 radical (unpaired) electrons. The fourth-order valence-corrected chi connectivity index (χ4v) is 3.11. The Morgan fingerprint density at radius 3 is 2.86 bits per heavy atom. The minimum absolute atomic E-state index is 0.268. The first-order valence-corrected chi connectivity index (χ1v) is 7.49. The number of hydrogen-bond acceptors (Lipinski definition) is 6.